The second kappa shape index (κ2) is 5.56. The third-order valence-electron chi connectivity index (χ3n) is 3.02. The van der Waals surface area contributed by atoms with Gasteiger partial charge in [-0.25, -0.2) is 4.98 Å². The first kappa shape index (κ1) is 12.5. The van der Waals surface area contributed by atoms with Crippen molar-refractivity contribution in [2.24, 2.45) is 12.8 Å². The lowest BCUT2D eigenvalue weighted by Gasteiger charge is -2.10. The van der Waals surface area contributed by atoms with Gasteiger partial charge in [0.25, 0.3) is 0 Å². The molecule has 3 nitrogen and oxygen atoms in total. The van der Waals surface area contributed by atoms with Crippen LogP contribution in [0, 0.1) is 0 Å². The number of nitrogens with zero attached hydrogens (tertiary/aromatic N) is 2. The summed E-state index contributed by atoms with van der Waals surface area (Å²) < 4.78 is 2.15. The topological polar surface area (TPSA) is 43.8 Å². The molecule has 92 valence electrons. The largest absolute Gasteiger partial charge is 0.331 e. The summed E-state index contributed by atoms with van der Waals surface area (Å²) in [7, 11) is 2.06. The van der Waals surface area contributed by atoms with Gasteiger partial charge in [0, 0.05) is 19.5 Å². The summed E-state index contributed by atoms with van der Waals surface area (Å²) in [6.07, 6.45) is 4.01. The molecule has 1 aromatic heterocycles. The second-order valence-electron chi connectivity index (χ2n) is 4.32. The molecule has 0 saturated carbocycles. The van der Waals surface area contributed by atoms with Gasteiger partial charge in [0.2, 0.25) is 0 Å². The van der Waals surface area contributed by atoms with Gasteiger partial charge in [-0.3, -0.25) is 0 Å². The maximum absolute atomic E-state index is 6.12. The molecule has 0 aliphatic heterocycles. The lowest BCUT2D eigenvalue weighted by atomic mass is 10.1. The molecule has 0 spiro atoms. The van der Waals surface area contributed by atoms with Crippen LogP contribution in [0.4, 0.5) is 0 Å². The number of aromatic nitrogens is 2. The second-order valence-corrected chi connectivity index (χ2v) is 5.31. The SMILES string of the molecule is CSCCC(N)Cc1nc2ccccc2n1C. The Balaban J connectivity index is 2.16. The number of benzene rings is 1. The van der Waals surface area contributed by atoms with Crippen LogP contribution in [0.15, 0.2) is 24.3 Å². The minimum absolute atomic E-state index is 0.206. The lowest BCUT2D eigenvalue weighted by Crippen LogP contribution is -2.25. The molecule has 0 amide bonds. The highest BCUT2D eigenvalue weighted by Gasteiger charge is 2.10. The van der Waals surface area contributed by atoms with Crippen molar-refractivity contribution in [2.75, 3.05) is 12.0 Å². The fourth-order valence-corrected chi connectivity index (χ4v) is 2.52. The maximum Gasteiger partial charge on any atom is 0.111 e. The lowest BCUT2D eigenvalue weighted by molar-refractivity contribution is 0.616. The van der Waals surface area contributed by atoms with E-state index in [0.717, 1.165) is 29.9 Å². The Kier molecular flexibility index (Phi) is 4.07. The zero-order valence-corrected chi connectivity index (χ0v) is 11.2. The van der Waals surface area contributed by atoms with Crippen LogP contribution in [-0.4, -0.2) is 27.6 Å². The van der Waals surface area contributed by atoms with E-state index < -0.39 is 0 Å². The van der Waals surface area contributed by atoms with Crippen molar-refractivity contribution in [1.29, 1.82) is 0 Å². The fourth-order valence-electron chi connectivity index (χ4n) is 1.98. The molecule has 1 heterocycles. The summed E-state index contributed by atoms with van der Waals surface area (Å²) in [4.78, 5) is 4.64. The maximum atomic E-state index is 6.12. The zero-order valence-electron chi connectivity index (χ0n) is 10.4. The normalized spacial score (nSPS) is 13.1. The van der Waals surface area contributed by atoms with Crippen LogP contribution in [0.1, 0.15) is 12.2 Å². The van der Waals surface area contributed by atoms with E-state index in [-0.39, 0.29) is 6.04 Å². The number of hydrogen-bond acceptors (Lipinski definition) is 3. The number of imidazole rings is 1. The van der Waals surface area contributed by atoms with E-state index in [1.165, 1.54) is 5.52 Å². The predicted molar refractivity (Wildman–Crippen MR) is 75.4 cm³/mol. The van der Waals surface area contributed by atoms with Crippen molar-refractivity contribution in [3.8, 4) is 0 Å². The molecular formula is C13H19N3S. The summed E-state index contributed by atoms with van der Waals surface area (Å²) >= 11 is 1.84. The number of nitrogens with two attached hydrogens (primary N) is 1. The molecule has 1 aromatic carbocycles. The van der Waals surface area contributed by atoms with Gasteiger partial charge in [-0.1, -0.05) is 12.1 Å². The monoisotopic (exact) mass is 249 g/mol. The highest BCUT2D eigenvalue weighted by Crippen LogP contribution is 2.15. The van der Waals surface area contributed by atoms with Crippen molar-refractivity contribution in [1.82, 2.24) is 9.55 Å². The Morgan fingerprint density at radius 3 is 2.88 bits per heavy atom. The molecule has 0 saturated heterocycles. The number of aryl methyl sites for hydroxylation is 1. The van der Waals surface area contributed by atoms with E-state index in [2.05, 4.69) is 28.9 Å². The Morgan fingerprint density at radius 1 is 1.41 bits per heavy atom. The Bertz CT molecular complexity index is 492. The molecule has 17 heavy (non-hydrogen) atoms. The van der Waals surface area contributed by atoms with Gasteiger partial charge in [0.15, 0.2) is 0 Å². The van der Waals surface area contributed by atoms with Gasteiger partial charge >= 0.3 is 0 Å². The van der Waals surface area contributed by atoms with Gasteiger partial charge in [0.1, 0.15) is 5.82 Å². The van der Waals surface area contributed by atoms with Crippen molar-refractivity contribution < 1.29 is 0 Å². The molecule has 0 radical (unpaired) electrons. The highest BCUT2D eigenvalue weighted by atomic mass is 32.2. The van der Waals surface area contributed by atoms with Crippen molar-refractivity contribution in [3.05, 3.63) is 30.1 Å². The quantitative estimate of drug-likeness (QED) is 0.883. The first-order chi connectivity index (χ1) is 8.22. The van der Waals surface area contributed by atoms with Gasteiger partial charge < -0.3 is 10.3 Å². The molecule has 0 fully saturated rings. The summed E-state index contributed by atoms with van der Waals surface area (Å²) in [5, 5.41) is 0. The number of thioether (sulfide) groups is 1. The van der Waals surface area contributed by atoms with Crippen LogP contribution < -0.4 is 5.73 Å². The van der Waals surface area contributed by atoms with Crippen molar-refractivity contribution in [3.63, 3.8) is 0 Å². The molecular weight excluding hydrogens is 230 g/mol. The third-order valence-corrected chi connectivity index (χ3v) is 3.66. The van der Waals surface area contributed by atoms with Gasteiger partial charge in [0.05, 0.1) is 11.0 Å². The summed E-state index contributed by atoms with van der Waals surface area (Å²) in [5.41, 5.74) is 8.35. The number of para-hydroxylation sites is 2. The Hall–Kier alpha value is -1.00. The van der Waals surface area contributed by atoms with Crippen LogP contribution >= 0.6 is 11.8 Å². The molecule has 0 aliphatic rings. The van der Waals surface area contributed by atoms with Crippen LogP contribution in [0.3, 0.4) is 0 Å². The van der Waals surface area contributed by atoms with Crippen LogP contribution in [-0.2, 0) is 13.5 Å². The van der Waals surface area contributed by atoms with Crippen LogP contribution in [0.5, 0.6) is 0 Å². The summed E-state index contributed by atoms with van der Waals surface area (Å²) in [6, 6.07) is 8.41. The molecule has 2 rings (SSSR count). The molecule has 4 heteroatoms. The van der Waals surface area contributed by atoms with E-state index in [0.29, 0.717) is 0 Å². The predicted octanol–water partition coefficient (Wildman–Crippen LogP) is 2.20. The molecule has 1 unspecified atom stereocenters. The average molecular weight is 249 g/mol. The summed E-state index contributed by atoms with van der Waals surface area (Å²) in [5.74, 6) is 2.20. The molecule has 2 N–H and O–H groups in total. The van der Waals surface area contributed by atoms with Gasteiger partial charge in [-0.05, 0) is 30.6 Å². The average Bonchev–Trinajstić information content (AvgIpc) is 2.64. The van der Waals surface area contributed by atoms with Crippen LogP contribution in [0.25, 0.3) is 11.0 Å². The van der Waals surface area contributed by atoms with E-state index >= 15 is 0 Å². The van der Waals surface area contributed by atoms with Crippen molar-refractivity contribution >= 4 is 22.8 Å². The smallest absolute Gasteiger partial charge is 0.111 e. The van der Waals surface area contributed by atoms with E-state index in [9.17, 15) is 0 Å². The molecule has 1 atom stereocenters. The summed E-state index contributed by atoms with van der Waals surface area (Å²) in [6.45, 7) is 0. The Labute approximate surface area is 106 Å². The zero-order chi connectivity index (χ0) is 12.3. The number of fused-ring (bicyclic) bond motifs is 1. The minimum Gasteiger partial charge on any atom is -0.331 e. The first-order valence-corrected chi connectivity index (χ1v) is 7.26. The minimum atomic E-state index is 0.206. The van der Waals surface area contributed by atoms with E-state index in [1.807, 2.05) is 30.0 Å². The van der Waals surface area contributed by atoms with E-state index in [4.69, 9.17) is 5.73 Å². The molecule has 2 aromatic rings. The number of rotatable bonds is 5. The highest BCUT2D eigenvalue weighted by molar-refractivity contribution is 7.98. The number of hydrogen-bond donors (Lipinski definition) is 1. The first-order valence-electron chi connectivity index (χ1n) is 5.87. The van der Waals surface area contributed by atoms with Gasteiger partial charge in [-0.2, -0.15) is 11.8 Å². The molecule has 0 aliphatic carbocycles. The Morgan fingerprint density at radius 2 is 2.18 bits per heavy atom. The van der Waals surface area contributed by atoms with Crippen molar-refractivity contribution in [2.45, 2.75) is 18.9 Å². The van der Waals surface area contributed by atoms with Crippen LogP contribution in [0.2, 0.25) is 0 Å². The van der Waals surface area contributed by atoms with Gasteiger partial charge in [-0.15, -0.1) is 0 Å². The fraction of sp³-hybridized carbons (Fsp3) is 0.462. The molecule has 0 bridgehead atoms. The standard InChI is InChI=1S/C13H19N3S/c1-16-12-6-4-3-5-11(12)15-13(16)9-10(14)7-8-17-2/h3-6,10H,7-9,14H2,1-2H3. The van der Waals surface area contributed by atoms with E-state index in [1.54, 1.807) is 0 Å². The third kappa shape index (κ3) is 2.82.